The van der Waals surface area contributed by atoms with Crippen LogP contribution in [0.3, 0.4) is 0 Å². The Bertz CT molecular complexity index is 1080. The Morgan fingerprint density at radius 3 is 2.35 bits per heavy atom. The third kappa shape index (κ3) is 2.66. The molecule has 0 saturated heterocycles. The van der Waals surface area contributed by atoms with Gasteiger partial charge < -0.3 is 0 Å². The number of rotatable bonds is 3. The van der Waals surface area contributed by atoms with Crippen LogP contribution in [0.1, 0.15) is 22.3 Å². The van der Waals surface area contributed by atoms with Gasteiger partial charge in [0.15, 0.2) is 0 Å². The van der Waals surface area contributed by atoms with Crippen molar-refractivity contribution in [1.29, 1.82) is 0 Å². The van der Waals surface area contributed by atoms with Crippen molar-refractivity contribution in [2.75, 3.05) is 11.4 Å². The molecule has 3 nitrogen and oxygen atoms in total. The van der Waals surface area contributed by atoms with E-state index in [0.29, 0.717) is 4.90 Å². The van der Waals surface area contributed by atoms with Crippen LogP contribution < -0.4 is 4.31 Å². The van der Waals surface area contributed by atoms with Crippen LogP contribution in [0.25, 0.3) is 10.4 Å². The number of nitrogens with zero attached hydrogens (tertiary/aromatic N) is 1. The normalized spacial score (nSPS) is 13.2. The summed E-state index contributed by atoms with van der Waals surface area (Å²) >= 11 is 1.74. The summed E-state index contributed by atoms with van der Waals surface area (Å²) in [4.78, 5) is 1.60. The zero-order valence-corrected chi connectivity index (χ0v) is 16.7. The van der Waals surface area contributed by atoms with E-state index in [-0.39, 0.29) is 0 Å². The maximum Gasteiger partial charge on any atom is 0.264 e. The first kappa shape index (κ1) is 17.3. The number of hydrogen-bond donors (Lipinski definition) is 0. The lowest BCUT2D eigenvalue weighted by Gasteiger charge is -2.26. The fourth-order valence-electron chi connectivity index (χ4n) is 3.64. The summed E-state index contributed by atoms with van der Waals surface area (Å²) in [5.41, 5.74) is 6.70. The van der Waals surface area contributed by atoms with Crippen LogP contribution in [0.15, 0.2) is 52.7 Å². The summed E-state index contributed by atoms with van der Waals surface area (Å²) in [7, 11) is -1.94. The Labute approximate surface area is 159 Å². The van der Waals surface area contributed by atoms with Gasteiger partial charge in [0.25, 0.3) is 10.0 Å². The molecule has 0 radical (unpaired) electrons. The quantitative estimate of drug-likeness (QED) is 0.641. The summed E-state index contributed by atoms with van der Waals surface area (Å²) in [6.07, 6.45) is 2.07. The number of anilines is 1. The van der Waals surface area contributed by atoms with Crippen LogP contribution in [-0.2, 0) is 22.9 Å². The van der Waals surface area contributed by atoms with E-state index >= 15 is 0 Å². The third-order valence-corrected chi connectivity index (χ3v) is 7.94. The molecule has 134 valence electrons. The van der Waals surface area contributed by atoms with Gasteiger partial charge in [-0.3, -0.25) is 4.31 Å². The SMILES string of the molecule is Cc1ccc(S(=O)(=O)N(C)c2ccc3c(c2C)-c2sccc2CC3)cc1. The highest BCUT2D eigenvalue weighted by Crippen LogP contribution is 2.42. The summed E-state index contributed by atoms with van der Waals surface area (Å²) in [6.45, 7) is 3.98. The van der Waals surface area contributed by atoms with Crippen LogP contribution in [0.2, 0.25) is 0 Å². The molecule has 26 heavy (non-hydrogen) atoms. The van der Waals surface area contributed by atoms with Crippen LogP contribution in [0.4, 0.5) is 5.69 Å². The average molecular weight is 384 g/mol. The second-order valence-corrected chi connectivity index (χ2v) is 9.69. The molecule has 0 saturated carbocycles. The van der Waals surface area contributed by atoms with Gasteiger partial charge in [-0.1, -0.05) is 23.8 Å². The molecule has 1 aliphatic rings. The molecule has 0 unspecified atom stereocenters. The Morgan fingerprint density at radius 1 is 0.923 bits per heavy atom. The first-order valence-electron chi connectivity index (χ1n) is 8.64. The molecule has 1 heterocycles. The van der Waals surface area contributed by atoms with Crippen molar-refractivity contribution < 1.29 is 8.42 Å². The van der Waals surface area contributed by atoms with E-state index < -0.39 is 10.0 Å². The molecule has 1 aromatic heterocycles. The average Bonchev–Trinajstić information content (AvgIpc) is 3.10. The minimum atomic E-state index is -3.59. The van der Waals surface area contributed by atoms with Crippen molar-refractivity contribution in [3.63, 3.8) is 0 Å². The number of benzene rings is 2. The predicted octanol–water partition coefficient (Wildman–Crippen LogP) is 4.96. The largest absolute Gasteiger partial charge is 0.269 e. The standard InChI is InChI=1S/C21H21NO2S2/c1-14-4-9-18(10-5-14)26(23,24)22(3)19-11-8-16-6-7-17-12-13-25-21(17)20(16)15(19)2/h4-5,8-13H,6-7H2,1-3H3. The van der Waals surface area contributed by atoms with E-state index in [9.17, 15) is 8.42 Å². The number of thiophene rings is 1. The molecule has 0 amide bonds. The molecule has 0 atom stereocenters. The lowest BCUT2D eigenvalue weighted by Crippen LogP contribution is -2.27. The van der Waals surface area contributed by atoms with Gasteiger partial charge in [0.2, 0.25) is 0 Å². The fourth-order valence-corrected chi connectivity index (χ4v) is 5.99. The zero-order chi connectivity index (χ0) is 18.5. The van der Waals surface area contributed by atoms with Crippen molar-refractivity contribution in [2.24, 2.45) is 0 Å². The molecule has 0 spiro atoms. The van der Waals surface area contributed by atoms with E-state index in [1.54, 1.807) is 30.5 Å². The summed E-state index contributed by atoms with van der Waals surface area (Å²) in [6, 6.07) is 13.2. The molecule has 3 aromatic rings. The smallest absolute Gasteiger partial charge is 0.264 e. The molecular weight excluding hydrogens is 362 g/mol. The lowest BCUT2D eigenvalue weighted by atomic mass is 9.88. The van der Waals surface area contributed by atoms with Crippen molar-refractivity contribution in [2.45, 2.75) is 31.6 Å². The van der Waals surface area contributed by atoms with Crippen molar-refractivity contribution in [3.05, 3.63) is 70.1 Å². The highest BCUT2D eigenvalue weighted by atomic mass is 32.2. The van der Waals surface area contributed by atoms with Gasteiger partial charge in [-0.25, -0.2) is 8.42 Å². The molecule has 0 N–H and O–H groups in total. The fraction of sp³-hybridized carbons (Fsp3) is 0.238. The van der Waals surface area contributed by atoms with Gasteiger partial charge in [0.05, 0.1) is 10.6 Å². The minimum absolute atomic E-state index is 0.319. The van der Waals surface area contributed by atoms with Crippen molar-refractivity contribution >= 4 is 27.0 Å². The number of hydrogen-bond acceptors (Lipinski definition) is 3. The Morgan fingerprint density at radius 2 is 1.62 bits per heavy atom. The van der Waals surface area contributed by atoms with E-state index in [1.165, 1.54) is 25.9 Å². The first-order chi connectivity index (χ1) is 12.4. The maximum absolute atomic E-state index is 13.1. The van der Waals surface area contributed by atoms with E-state index in [1.807, 2.05) is 32.0 Å². The van der Waals surface area contributed by atoms with Crippen molar-refractivity contribution in [1.82, 2.24) is 0 Å². The zero-order valence-electron chi connectivity index (χ0n) is 15.1. The van der Waals surface area contributed by atoms with Gasteiger partial charge >= 0.3 is 0 Å². The first-order valence-corrected chi connectivity index (χ1v) is 11.0. The highest BCUT2D eigenvalue weighted by Gasteiger charge is 2.26. The predicted molar refractivity (Wildman–Crippen MR) is 109 cm³/mol. The summed E-state index contributed by atoms with van der Waals surface area (Å²) < 4.78 is 27.6. The Kier molecular flexibility index (Phi) is 4.16. The molecule has 1 aliphatic carbocycles. The molecule has 2 aromatic carbocycles. The van der Waals surface area contributed by atoms with Crippen LogP contribution in [0, 0.1) is 13.8 Å². The monoisotopic (exact) mass is 383 g/mol. The van der Waals surface area contributed by atoms with Crippen LogP contribution >= 0.6 is 11.3 Å². The van der Waals surface area contributed by atoms with Crippen molar-refractivity contribution in [3.8, 4) is 10.4 Å². The number of sulfonamides is 1. The Hall–Kier alpha value is -2.11. The molecule has 0 fully saturated rings. The Balaban J connectivity index is 1.82. The van der Waals surface area contributed by atoms with Gasteiger partial charge in [-0.15, -0.1) is 11.3 Å². The van der Waals surface area contributed by atoms with E-state index in [4.69, 9.17) is 0 Å². The highest BCUT2D eigenvalue weighted by molar-refractivity contribution is 7.92. The maximum atomic E-state index is 13.1. The number of fused-ring (bicyclic) bond motifs is 3. The topological polar surface area (TPSA) is 37.4 Å². The van der Waals surface area contributed by atoms with Crippen LogP contribution in [-0.4, -0.2) is 15.5 Å². The lowest BCUT2D eigenvalue weighted by molar-refractivity contribution is 0.594. The molecule has 0 aliphatic heterocycles. The van der Waals surface area contributed by atoms with Gasteiger partial charge in [-0.2, -0.15) is 0 Å². The summed E-state index contributed by atoms with van der Waals surface area (Å²) in [5.74, 6) is 0. The van der Waals surface area contributed by atoms with Gasteiger partial charge in [0.1, 0.15) is 0 Å². The minimum Gasteiger partial charge on any atom is -0.269 e. The molecular formula is C21H21NO2S2. The van der Waals surface area contributed by atoms with Gasteiger partial charge in [-0.05, 0) is 73.0 Å². The second-order valence-electron chi connectivity index (χ2n) is 6.80. The summed E-state index contributed by atoms with van der Waals surface area (Å²) in [5, 5.41) is 2.12. The molecule has 0 bridgehead atoms. The molecule has 5 heteroatoms. The van der Waals surface area contributed by atoms with Crippen LogP contribution in [0.5, 0.6) is 0 Å². The molecule has 4 rings (SSSR count). The second kappa shape index (κ2) is 6.25. The van der Waals surface area contributed by atoms with Gasteiger partial charge in [0, 0.05) is 17.5 Å². The van der Waals surface area contributed by atoms with E-state index in [2.05, 4.69) is 17.5 Å². The third-order valence-electron chi connectivity index (χ3n) is 5.18. The van der Waals surface area contributed by atoms with E-state index in [0.717, 1.165) is 29.7 Å². The number of aryl methyl sites for hydroxylation is 3.